The molecule has 1 aromatic carbocycles. The maximum atomic E-state index is 13.3. The van der Waals surface area contributed by atoms with Crippen LogP contribution in [0.15, 0.2) is 24.3 Å². The predicted molar refractivity (Wildman–Crippen MR) is 70.2 cm³/mol. The zero-order valence-corrected chi connectivity index (χ0v) is 10.4. The number of nitrogens with two attached hydrogens (primary N) is 1. The summed E-state index contributed by atoms with van der Waals surface area (Å²) in [6.45, 7) is 1.93. The molecule has 0 bridgehead atoms. The molecule has 0 aliphatic heterocycles. The third-order valence-corrected chi connectivity index (χ3v) is 2.65. The van der Waals surface area contributed by atoms with E-state index in [1.165, 1.54) is 12.1 Å². The highest BCUT2D eigenvalue weighted by atomic mass is 32.1. The lowest BCUT2D eigenvalue weighted by molar-refractivity contribution is -0.118. The Morgan fingerprint density at radius 3 is 2.71 bits per heavy atom. The fourth-order valence-electron chi connectivity index (χ4n) is 1.47. The van der Waals surface area contributed by atoms with Gasteiger partial charge in [-0.25, -0.2) is 4.39 Å². The normalized spacial score (nSPS) is 11.9. The topological polar surface area (TPSA) is 55.1 Å². The Bertz CT molecular complexity index is 423. The first-order valence-electron chi connectivity index (χ1n) is 5.41. The van der Waals surface area contributed by atoms with Crippen molar-refractivity contribution in [2.75, 3.05) is 5.32 Å². The molecule has 3 nitrogen and oxygen atoms in total. The molecule has 0 heterocycles. The van der Waals surface area contributed by atoms with Crippen molar-refractivity contribution in [3.8, 4) is 0 Å². The van der Waals surface area contributed by atoms with Crippen LogP contribution in [0.4, 0.5) is 10.1 Å². The second kappa shape index (κ2) is 6.30. The Hall–Kier alpha value is -1.49. The molecule has 17 heavy (non-hydrogen) atoms. The first-order valence-corrected chi connectivity index (χ1v) is 5.81. The lowest BCUT2D eigenvalue weighted by atomic mass is 10.0. The third-order valence-electron chi connectivity index (χ3n) is 2.37. The summed E-state index contributed by atoms with van der Waals surface area (Å²) in [5.41, 5.74) is 5.64. The van der Waals surface area contributed by atoms with E-state index in [1.807, 2.05) is 6.92 Å². The van der Waals surface area contributed by atoms with Crippen molar-refractivity contribution in [1.29, 1.82) is 0 Å². The largest absolute Gasteiger partial charge is 0.393 e. The molecule has 1 unspecified atom stereocenters. The van der Waals surface area contributed by atoms with E-state index in [9.17, 15) is 9.18 Å². The summed E-state index contributed by atoms with van der Waals surface area (Å²) in [7, 11) is 0. The highest BCUT2D eigenvalue weighted by molar-refractivity contribution is 7.80. The van der Waals surface area contributed by atoms with Gasteiger partial charge in [0.2, 0.25) is 5.91 Å². The number of benzene rings is 1. The first-order chi connectivity index (χ1) is 8.06. The van der Waals surface area contributed by atoms with Gasteiger partial charge in [-0.15, -0.1) is 0 Å². The van der Waals surface area contributed by atoms with Gasteiger partial charge in [-0.2, -0.15) is 0 Å². The van der Waals surface area contributed by atoms with Gasteiger partial charge in [-0.1, -0.05) is 37.7 Å². The van der Waals surface area contributed by atoms with Gasteiger partial charge in [0.15, 0.2) is 0 Å². The highest BCUT2D eigenvalue weighted by Gasteiger charge is 2.21. The smallest absolute Gasteiger partial charge is 0.234 e. The minimum atomic E-state index is -0.547. The molecule has 0 radical (unpaired) electrons. The van der Waals surface area contributed by atoms with Crippen LogP contribution in [-0.4, -0.2) is 10.9 Å². The molecule has 0 aliphatic rings. The number of nitrogens with one attached hydrogen (secondary N) is 1. The quantitative estimate of drug-likeness (QED) is 0.794. The third kappa shape index (κ3) is 3.78. The van der Waals surface area contributed by atoms with Crippen LogP contribution in [0, 0.1) is 11.7 Å². The minimum Gasteiger partial charge on any atom is -0.393 e. The van der Waals surface area contributed by atoms with E-state index in [4.69, 9.17) is 18.0 Å². The number of carbonyl (C=O) groups is 1. The van der Waals surface area contributed by atoms with Crippen LogP contribution in [-0.2, 0) is 4.79 Å². The van der Waals surface area contributed by atoms with Crippen LogP contribution in [0.25, 0.3) is 0 Å². The Kier molecular flexibility index (Phi) is 5.03. The Balaban J connectivity index is 2.77. The van der Waals surface area contributed by atoms with Crippen molar-refractivity contribution in [2.24, 2.45) is 11.7 Å². The van der Waals surface area contributed by atoms with E-state index >= 15 is 0 Å². The van der Waals surface area contributed by atoms with Crippen LogP contribution in [0.5, 0.6) is 0 Å². The minimum absolute atomic E-state index is 0.140. The molecule has 0 saturated heterocycles. The monoisotopic (exact) mass is 254 g/mol. The van der Waals surface area contributed by atoms with Crippen molar-refractivity contribution in [3.63, 3.8) is 0 Å². The summed E-state index contributed by atoms with van der Waals surface area (Å²) < 4.78 is 13.3. The number of anilines is 1. The number of hydrogen-bond acceptors (Lipinski definition) is 2. The zero-order valence-electron chi connectivity index (χ0n) is 9.57. The van der Waals surface area contributed by atoms with Gasteiger partial charge in [0, 0.05) is 0 Å². The molecule has 0 saturated carbocycles. The highest BCUT2D eigenvalue weighted by Crippen LogP contribution is 2.15. The number of amides is 1. The molecular weight excluding hydrogens is 239 g/mol. The molecule has 0 fully saturated rings. The van der Waals surface area contributed by atoms with Gasteiger partial charge in [-0.3, -0.25) is 4.79 Å². The van der Waals surface area contributed by atoms with E-state index in [1.54, 1.807) is 12.1 Å². The molecule has 1 atom stereocenters. The molecule has 1 rings (SSSR count). The zero-order chi connectivity index (χ0) is 12.8. The average Bonchev–Trinajstić information content (AvgIpc) is 2.28. The van der Waals surface area contributed by atoms with E-state index in [0.717, 1.165) is 6.42 Å². The Labute approximate surface area is 105 Å². The van der Waals surface area contributed by atoms with E-state index in [2.05, 4.69) is 5.32 Å². The standard InChI is InChI=1S/C12H15FN2OS/c1-2-5-8(11(14)17)12(16)15-10-7-4-3-6-9(10)13/h3-4,6-8H,2,5H2,1H3,(H2,14,17)(H,15,16). The van der Waals surface area contributed by atoms with Crippen LogP contribution >= 0.6 is 12.2 Å². The number of hydrogen-bond donors (Lipinski definition) is 2. The lowest BCUT2D eigenvalue weighted by Gasteiger charge is -2.14. The number of para-hydroxylation sites is 1. The molecule has 5 heteroatoms. The summed E-state index contributed by atoms with van der Waals surface area (Å²) in [6.07, 6.45) is 1.35. The number of thiocarbonyl (C=S) groups is 1. The van der Waals surface area contributed by atoms with Gasteiger partial charge >= 0.3 is 0 Å². The first kappa shape index (κ1) is 13.6. The van der Waals surface area contributed by atoms with E-state index in [0.29, 0.717) is 6.42 Å². The van der Waals surface area contributed by atoms with Crippen LogP contribution in [0.3, 0.4) is 0 Å². The fraction of sp³-hybridized carbons (Fsp3) is 0.333. The molecule has 0 aromatic heterocycles. The van der Waals surface area contributed by atoms with Gasteiger partial charge in [0.05, 0.1) is 16.6 Å². The molecule has 92 valence electrons. The Morgan fingerprint density at radius 2 is 2.18 bits per heavy atom. The van der Waals surface area contributed by atoms with Gasteiger partial charge in [0.25, 0.3) is 0 Å². The van der Waals surface area contributed by atoms with Crippen LogP contribution < -0.4 is 11.1 Å². The summed E-state index contributed by atoms with van der Waals surface area (Å²) in [5.74, 6) is -1.38. The van der Waals surface area contributed by atoms with E-state index < -0.39 is 11.7 Å². The van der Waals surface area contributed by atoms with Crippen molar-refractivity contribution in [1.82, 2.24) is 0 Å². The van der Waals surface area contributed by atoms with Crippen LogP contribution in [0.2, 0.25) is 0 Å². The Morgan fingerprint density at radius 1 is 1.53 bits per heavy atom. The van der Waals surface area contributed by atoms with E-state index in [-0.39, 0.29) is 16.6 Å². The van der Waals surface area contributed by atoms with Crippen molar-refractivity contribution >= 4 is 28.8 Å². The van der Waals surface area contributed by atoms with Crippen molar-refractivity contribution in [2.45, 2.75) is 19.8 Å². The fourth-order valence-corrected chi connectivity index (χ4v) is 1.70. The van der Waals surface area contributed by atoms with Gasteiger partial charge < -0.3 is 11.1 Å². The number of halogens is 1. The van der Waals surface area contributed by atoms with Crippen molar-refractivity contribution < 1.29 is 9.18 Å². The van der Waals surface area contributed by atoms with Gasteiger partial charge in [0.1, 0.15) is 5.82 Å². The molecule has 0 spiro atoms. The number of carbonyl (C=O) groups excluding carboxylic acids is 1. The molecule has 0 aliphatic carbocycles. The summed E-state index contributed by atoms with van der Waals surface area (Å²) >= 11 is 4.83. The lowest BCUT2D eigenvalue weighted by Crippen LogP contribution is -2.33. The molecule has 1 aromatic rings. The SMILES string of the molecule is CCCC(C(=O)Nc1ccccc1F)C(N)=S. The maximum Gasteiger partial charge on any atom is 0.234 e. The summed E-state index contributed by atoms with van der Waals surface area (Å²) in [4.78, 5) is 12.0. The summed E-state index contributed by atoms with van der Waals surface area (Å²) in [5, 5.41) is 2.50. The van der Waals surface area contributed by atoms with Crippen LogP contribution in [0.1, 0.15) is 19.8 Å². The van der Waals surface area contributed by atoms with Gasteiger partial charge in [-0.05, 0) is 18.6 Å². The average molecular weight is 254 g/mol. The summed E-state index contributed by atoms with van der Waals surface area (Å²) in [6, 6.07) is 5.98. The second-order valence-corrected chi connectivity index (χ2v) is 4.18. The number of rotatable bonds is 5. The second-order valence-electron chi connectivity index (χ2n) is 3.71. The van der Waals surface area contributed by atoms with Crippen molar-refractivity contribution in [3.05, 3.63) is 30.1 Å². The molecule has 3 N–H and O–H groups in total. The maximum absolute atomic E-state index is 13.3. The molecule has 1 amide bonds. The predicted octanol–water partition coefficient (Wildman–Crippen LogP) is 2.47. The molecular formula is C12H15FN2OS.